The first-order valence-electron chi connectivity index (χ1n) is 8.40. The minimum absolute atomic E-state index is 0.414. The van der Waals surface area contributed by atoms with Crippen LogP contribution in [-0.4, -0.2) is 14.6 Å². The molecule has 8 heteroatoms. The molecule has 0 saturated heterocycles. The SMILES string of the molecule is Cc1cc(N[C@@H](c2ccc(C(F)(F)F)c(F)c2)C(C)(C)C)n2ncnc2c1. The zero-order valence-electron chi connectivity index (χ0n) is 15.4. The van der Waals surface area contributed by atoms with Gasteiger partial charge in [-0.1, -0.05) is 26.8 Å². The van der Waals surface area contributed by atoms with E-state index in [1.165, 1.54) is 12.4 Å². The van der Waals surface area contributed by atoms with Crippen molar-refractivity contribution in [1.29, 1.82) is 0 Å². The van der Waals surface area contributed by atoms with E-state index in [0.717, 1.165) is 17.7 Å². The monoisotopic (exact) mass is 380 g/mol. The number of rotatable bonds is 3. The first-order chi connectivity index (χ1) is 12.5. The van der Waals surface area contributed by atoms with E-state index in [-0.39, 0.29) is 0 Å². The molecular weight excluding hydrogens is 360 g/mol. The molecule has 1 atom stereocenters. The Kier molecular flexibility index (Phi) is 4.61. The fraction of sp³-hybridized carbons (Fsp3) is 0.368. The maximum absolute atomic E-state index is 14.1. The largest absolute Gasteiger partial charge is 0.419 e. The van der Waals surface area contributed by atoms with Crippen LogP contribution in [0.5, 0.6) is 0 Å². The fourth-order valence-electron chi connectivity index (χ4n) is 3.05. The van der Waals surface area contributed by atoms with Crippen molar-refractivity contribution in [1.82, 2.24) is 14.6 Å². The van der Waals surface area contributed by atoms with Crippen molar-refractivity contribution in [2.75, 3.05) is 5.32 Å². The van der Waals surface area contributed by atoms with E-state index < -0.39 is 29.0 Å². The van der Waals surface area contributed by atoms with Gasteiger partial charge < -0.3 is 5.32 Å². The molecule has 0 bridgehead atoms. The molecule has 1 aromatic carbocycles. The van der Waals surface area contributed by atoms with Gasteiger partial charge in [-0.05, 0) is 47.7 Å². The van der Waals surface area contributed by atoms with Crippen LogP contribution in [0.2, 0.25) is 0 Å². The lowest BCUT2D eigenvalue weighted by Gasteiger charge is -2.33. The summed E-state index contributed by atoms with van der Waals surface area (Å²) in [5, 5.41) is 7.48. The zero-order valence-corrected chi connectivity index (χ0v) is 15.4. The number of alkyl halides is 3. The lowest BCUT2D eigenvalue weighted by Crippen LogP contribution is -2.27. The number of nitrogens with zero attached hydrogens (tertiary/aromatic N) is 3. The molecule has 0 fully saturated rings. The molecular formula is C19H20F4N4. The highest BCUT2D eigenvalue weighted by atomic mass is 19.4. The fourth-order valence-corrected chi connectivity index (χ4v) is 3.05. The summed E-state index contributed by atoms with van der Waals surface area (Å²) in [7, 11) is 0. The van der Waals surface area contributed by atoms with E-state index in [4.69, 9.17) is 0 Å². The second-order valence-electron chi connectivity index (χ2n) is 7.63. The number of fused-ring (bicyclic) bond motifs is 1. The second kappa shape index (κ2) is 6.51. The van der Waals surface area contributed by atoms with Gasteiger partial charge in [0, 0.05) is 0 Å². The third kappa shape index (κ3) is 3.89. The highest BCUT2D eigenvalue weighted by Gasteiger charge is 2.35. The molecule has 144 valence electrons. The number of aryl methyl sites for hydroxylation is 1. The number of halogens is 4. The Morgan fingerprint density at radius 1 is 1.07 bits per heavy atom. The molecule has 27 heavy (non-hydrogen) atoms. The summed E-state index contributed by atoms with van der Waals surface area (Å²) >= 11 is 0. The lowest BCUT2D eigenvalue weighted by atomic mass is 9.82. The average molecular weight is 380 g/mol. The Hall–Kier alpha value is -2.64. The van der Waals surface area contributed by atoms with Gasteiger partial charge in [0.1, 0.15) is 18.0 Å². The number of aromatic nitrogens is 3. The predicted octanol–water partition coefficient (Wildman–Crippen LogP) is 5.39. The van der Waals surface area contributed by atoms with Gasteiger partial charge in [0.15, 0.2) is 5.65 Å². The predicted molar refractivity (Wildman–Crippen MR) is 94.9 cm³/mol. The molecule has 0 aliphatic carbocycles. The molecule has 4 nitrogen and oxygen atoms in total. The molecule has 0 saturated carbocycles. The summed E-state index contributed by atoms with van der Waals surface area (Å²) in [6.45, 7) is 7.68. The molecule has 0 unspecified atom stereocenters. The number of anilines is 1. The van der Waals surface area contributed by atoms with Crippen LogP contribution in [0.4, 0.5) is 23.4 Å². The van der Waals surface area contributed by atoms with E-state index in [1.807, 2.05) is 39.8 Å². The van der Waals surface area contributed by atoms with Crippen molar-refractivity contribution in [3.63, 3.8) is 0 Å². The first-order valence-corrected chi connectivity index (χ1v) is 8.40. The summed E-state index contributed by atoms with van der Waals surface area (Å²) in [4.78, 5) is 4.16. The summed E-state index contributed by atoms with van der Waals surface area (Å²) in [6, 6.07) is 6.31. The van der Waals surface area contributed by atoms with Gasteiger partial charge in [-0.15, -0.1) is 0 Å². The molecule has 2 heterocycles. The summed E-state index contributed by atoms with van der Waals surface area (Å²) in [5.74, 6) is -0.658. The smallest absolute Gasteiger partial charge is 0.363 e. The number of nitrogens with one attached hydrogen (secondary N) is 1. The molecule has 3 rings (SSSR count). The van der Waals surface area contributed by atoms with E-state index in [2.05, 4.69) is 15.4 Å². The van der Waals surface area contributed by atoms with E-state index in [0.29, 0.717) is 17.0 Å². The number of hydrogen-bond acceptors (Lipinski definition) is 3. The average Bonchev–Trinajstić information content (AvgIpc) is 2.98. The summed E-state index contributed by atoms with van der Waals surface area (Å²) < 4.78 is 54.3. The van der Waals surface area contributed by atoms with Gasteiger partial charge in [0.2, 0.25) is 0 Å². The third-order valence-electron chi connectivity index (χ3n) is 4.31. The van der Waals surface area contributed by atoms with Crippen LogP contribution in [0, 0.1) is 18.2 Å². The first kappa shape index (κ1) is 19.1. The normalized spacial score (nSPS) is 13.8. The van der Waals surface area contributed by atoms with Crippen molar-refractivity contribution in [2.45, 2.75) is 39.9 Å². The molecule has 0 radical (unpaired) electrons. The van der Waals surface area contributed by atoms with E-state index >= 15 is 0 Å². The molecule has 1 N–H and O–H groups in total. The number of hydrogen-bond donors (Lipinski definition) is 1. The minimum Gasteiger partial charge on any atom is -0.363 e. The Bertz CT molecular complexity index is 970. The van der Waals surface area contributed by atoms with Crippen LogP contribution < -0.4 is 5.32 Å². The van der Waals surface area contributed by atoms with Crippen molar-refractivity contribution in [3.05, 3.63) is 59.2 Å². The summed E-state index contributed by atoms with van der Waals surface area (Å²) in [6.07, 6.45) is -3.31. The molecule has 0 aliphatic rings. The van der Waals surface area contributed by atoms with E-state index in [9.17, 15) is 17.6 Å². The van der Waals surface area contributed by atoms with Gasteiger partial charge >= 0.3 is 6.18 Å². The van der Waals surface area contributed by atoms with Crippen molar-refractivity contribution in [3.8, 4) is 0 Å². The Morgan fingerprint density at radius 3 is 2.37 bits per heavy atom. The van der Waals surface area contributed by atoms with Crippen LogP contribution in [0.25, 0.3) is 5.65 Å². The quantitative estimate of drug-likeness (QED) is 0.619. The van der Waals surface area contributed by atoms with Crippen LogP contribution >= 0.6 is 0 Å². The number of benzene rings is 1. The Labute approximate surface area is 154 Å². The van der Waals surface area contributed by atoms with Crippen LogP contribution in [0.1, 0.15) is 43.5 Å². The van der Waals surface area contributed by atoms with Gasteiger partial charge in [-0.3, -0.25) is 0 Å². The maximum Gasteiger partial charge on any atom is 0.419 e. The van der Waals surface area contributed by atoms with E-state index in [1.54, 1.807) is 4.52 Å². The number of pyridine rings is 1. The standard InChI is InChI=1S/C19H20F4N4/c1-11-7-15-24-10-25-27(15)16(8-11)26-17(18(2,3)4)12-5-6-13(14(20)9-12)19(21,22)23/h5-10,17,26H,1-4H3/t17-/m0/s1. The zero-order chi connectivity index (χ0) is 20.0. The highest BCUT2D eigenvalue weighted by molar-refractivity contribution is 5.52. The lowest BCUT2D eigenvalue weighted by molar-refractivity contribution is -0.140. The van der Waals surface area contributed by atoms with Crippen LogP contribution in [0.3, 0.4) is 0 Å². The molecule has 0 aliphatic heterocycles. The summed E-state index contributed by atoms with van der Waals surface area (Å²) in [5.41, 5.74) is 0.326. The Balaban J connectivity index is 2.05. The van der Waals surface area contributed by atoms with Gasteiger partial charge in [0.05, 0.1) is 11.6 Å². The van der Waals surface area contributed by atoms with Crippen molar-refractivity contribution < 1.29 is 17.6 Å². The van der Waals surface area contributed by atoms with Crippen LogP contribution in [-0.2, 0) is 6.18 Å². The maximum atomic E-state index is 14.1. The molecule has 2 aromatic heterocycles. The molecule has 0 amide bonds. The molecule has 3 aromatic rings. The minimum atomic E-state index is -4.73. The van der Waals surface area contributed by atoms with Gasteiger partial charge in [-0.2, -0.15) is 22.8 Å². The van der Waals surface area contributed by atoms with Crippen molar-refractivity contribution in [2.24, 2.45) is 5.41 Å². The molecule has 0 spiro atoms. The Morgan fingerprint density at radius 2 is 1.78 bits per heavy atom. The topological polar surface area (TPSA) is 42.2 Å². The van der Waals surface area contributed by atoms with Crippen molar-refractivity contribution >= 4 is 11.5 Å². The van der Waals surface area contributed by atoms with Gasteiger partial charge in [0.25, 0.3) is 0 Å². The second-order valence-corrected chi connectivity index (χ2v) is 7.63. The van der Waals surface area contributed by atoms with Crippen LogP contribution in [0.15, 0.2) is 36.7 Å². The highest BCUT2D eigenvalue weighted by Crippen LogP contribution is 2.38. The van der Waals surface area contributed by atoms with Gasteiger partial charge in [-0.25, -0.2) is 9.37 Å². The third-order valence-corrected chi connectivity index (χ3v) is 4.31.